The van der Waals surface area contributed by atoms with Gasteiger partial charge in [0.2, 0.25) is 12.0 Å². The maximum atomic E-state index is 13.1. The third kappa shape index (κ3) is 6.83. The van der Waals surface area contributed by atoms with Crippen LogP contribution in [-0.4, -0.2) is 25.0 Å². The highest BCUT2D eigenvalue weighted by atomic mass is 35.5. The standard InChI is InChI=1S/C19H16Cl2F3NO4/c1-11(26)25-8-9-28-18(27)17(12-2-4-13(20)5-3-12)29-14-6-7-16(21)15(10-14)19(22,23)24/h2-7,10,17H,8-9H2,1H3,(H,25,26). The number of ether oxygens (including phenoxy) is 2. The van der Waals surface area contributed by atoms with Gasteiger partial charge in [0.25, 0.3) is 0 Å². The van der Waals surface area contributed by atoms with Crippen LogP contribution in [0.3, 0.4) is 0 Å². The van der Waals surface area contributed by atoms with Gasteiger partial charge in [-0.25, -0.2) is 4.79 Å². The summed E-state index contributed by atoms with van der Waals surface area (Å²) in [7, 11) is 0. The van der Waals surface area contributed by atoms with E-state index >= 15 is 0 Å². The van der Waals surface area contributed by atoms with Gasteiger partial charge in [0.1, 0.15) is 12.4 Å². The monoisotopic (exact) mass is 449 g/mol. The van der Waals surface area contributed by atoms with Crippen molar-refractivity contribution in [3.63, 3.8) is 0 Å². The normalized spacial score (nSPS) is 12.2. The first-order valence-corrected chi connectivity index (χ1v) is 9.03. The first-order valence-electron chi connectivity index (χ1n) is 8.28. The molecule has 0 aliphatic rings. The van der Waals surface area contributed by atoms with Crippen molar-refractivity contribution in [2.75, 3.05) is 13.2 Å². The molecule has 0 heterocycles. The second-order valence-corrected chi connectivity index (χ2v) is 6.68. The summed E-state index contributed by atoms with van der Waals surface area (Å²) < 4.78 is 49.8. The van der Waals surface area contributed by atoms with E-state index in [0.29, 0.717) is 16.7 Å². The zero-order valence-corrected chi connectivity index (χ0v) is 16.6. The Bertz CT molecular complexity index is 873. The van der Waals surface area contributed by atoms with Crippen LogP contribution in [0.4, 0.5) is 13.2 Å². The second kappa shape index (κ2) is 9.84. The molecule has 1 N–H and O–H groups in total. The summed E-state index contributed by atoms with van der Waals surface area (Å²) in [5, 5.41) is 2.36. The van der Waals surface area contributed by atoms with Crippen LogP contribution in [0.25, 0.3) is 0 Å². The van der Waals surface area contributed by atoms with E-state index < -0.39 is 28.8 Å². The number of alkyl halides is 3. The van der Waals surface area contributed by atoms with Crippen LogP contribution in [0.15, 0.2) is 42.5 Å². The van der Waals surface area contributed by atoms with Crippen molar-refractivity contribution in [2.24, 2.45) is 0 Å². The zero-order chi connectivity index (χ0) is 21.6. The number of amides is 1. The van der Waals surface area contributed by atoms with Crippen molar-refractivity contribution in [3.05, 3.63) is 63.6 Å². The molecule has 2 rings (SSSR count). The van der Waals surface area contributed by atoms with Gasteiger partial charge >= 0.3 is 12.1 Å². The SMILES string of the molecule is CC(=O)NCCOC(=O)C(Oc1ccc(Cl)c(C(F)(F)F)c1)c1ccc(Cl)cc1. The molecule has 0 spiro atoms. The summed E-state index contributed by atoms with van der Waals surface area (Å²) in [5.41, 5.74) is -0.770. The topological polar surface area (TPSA) is 64.6 Å². The molecule has 0 radical (unpaired) electrons. The Morgan fingerprint density at radius 2 is 1.76 bits per heavy atom. The molecule has 10 heteroatoms. The highest BCUT2D eigenvalue weighted by molar-refractivity contribution is 6.31. The Morgan fingerprint density at radius 1 is 1.10 bits per heavy atom. The van der Waals surface area contributed by atoms with E-state index in [4.69, 9.17) is 32.7 Å². The van der Waals surface area contributed by atoms with Crippen molar-refractivity contribution in [2.45, 2.75) is 19.2 Å². The number of carbonyl (C=O) groups is 2. The number of rotatable bonds is 7. The van der Waals surface area contributed by atoms with E-state index in [2.05, 4.69) is 5.32 Å². The van der Waals surface area contributed by atoms with Crippen LogP contribution in [0, 0.1) is 0 Å². The van der Waals surface area contributed by atoms with E-state index in [-0.39, 0.29) is 24.8 Å². The van der Waals surface area contributed by atoms with Crippen LogP contribution < -0.4 is 10.1 Å². The van der Waals surface area contributed by atoms with E-state index in [0.717, 1.165) is 6.07 Å². The molecular weight excluding hydrogens is 434 g/mol. The lowest BCUT2D eigenvalue weighted by Crippen LogP contribution is -2.28. The van der Waals surface area contributed by atoms with Gasteiger partial charge in [-0.15, -0.1) is 0 Å². The lowest BCUT2D eigenvalue weighted by atomic mass is 10.1. The summed E-state index contributed by atoms with van der Waals surface area (Å²) in [6.07, 6.45) is -6.04. The fourth-order valence-electron chi connectivity index (χ4n) is 2.28. The predicted molar refractivity (Wildman–Crippen MR) is 101 cm³/mol. The molecule has 0 fully saturated rings. The minimum atomic E-state index is -4.69. The van der Waals surface area contributed by atoms with Crippen LogP contribution >= 0.6 is 23.2 Å². The zero-order valence-electron chi connectivity index (χ0n) is 15.1. The van der Waals surface area contributed by atoms with Crippen molar-refractivity contribution in [1.29, 1.82) is 0 Å². The van der Waals surface area contributed by atoms with Crippen molar-refractivity contribution < 1.29 is 32.2 Å². The third-order valence-corrected chi connectivity index (χ3v) is 4.19. The summed E-state index contributed by atoms with van der Waals surface area (Å²) in [6.45, 7) is 1.24. The molecule has 0 saturated carbocycles. The number of hydrogen-bond donors (Lipinski definition) is 1. The number of halogens is 5. The number of nitrogens with one attached hydrogen (secondary N) is 1. The average Bonchev–Trinajstić information content (AvgIpc) is 2.64. The number of esters is 1. The Labute approximate surface area is 174 Å². The Kier molecular flexibility index (Phi) is 7.75. The van der Waals surface area contributed by atoms with Gasteiger partial charge in [-0.1, -0.05) is 35.3 Å². The molecule has 1 unspecified atom stereocenters. The average molecular weight is 450 g/mol. The molecule has 0 bridgehead atoms. The number of hydrogen-bond acceptors (Lipinski definition) is 4. The van der Waals surface area contributed by atoms with E-state index in [9.17, 15) is 22.8 Å². The molecule has 0 saturated heterocycles. The quantitative estimate of drug-likeness (QED) is 0.486. The molecule has 1 amide bonds. The Morgan fingerprint density at radius 3 is 2.34 bits per heavy atom. The molecule has 29 heavy (non-hydrogen) atoms. The van der Waals surface area contributed by atoms with Crippen LogP contribution in [0.2, 0.25) is 10.0 Å². The minimum Gasteiger partial charge on any atom is -0.474 e. The molecule has 0 aromatic heterocycles. The maximum Gasteiger partial charge on any atom is 0.417 e. The van der Waals surface area contributed by atoms with Crippen molar-refractivity contribution in [3.8, 4) is 5.75 Å². The highest BCUT2D eigenvalue weighted by Gasteiger charge is 2.34. The molecule has 5 nitrogen and oxygen atoms in total. The first kappa shape index (κ1) is 22.8. The Balaban J connectivity index is 2.25. The van der Waals surface area contributed by atoms with Gasteiger partial charge in [0.05, 0.1) is 17.1 Å². The van der Waals surface area contributed by atoms with Crippen molar-refractivity contribution in [1.82, 2.24) is 5.32 Å². The Hall–Kier alpha value is -2.45. The largest absolute Gasteiger partial charge is 0.474 e. The number of carbonyl (C=O) groups excluding carboxylic acids is 2. The summed E-state index contributed by atoms with van der Waals surface area (Å²) in [6, 6.07) is 8.93. The van der Waals surface area contributed by atoms with Gasteiger partial charge < -0.3 is 14.8 Å². The summed E-state index contributed by atoms with van der Waals surface area (Å²) in [4.78, 5) is 23.4. The van der Waals surface area contributed by atoms with Crippen LogP contribution in [0.1, 0.15) is 24.2 Å². The first-order chi connectivity index (χ1) is 13.6. The van der Waals surface area contributed by atoms with E-state index in [1.54, 1.807) is 0 Å². The minimum absolute atomic E-state index is 0.0770. The highest BCUT2D eigenvalue weighted by Crippen LogP contribution is 2.37. The predicted octanol–water partition coefficient (Wildman–Crippen LogP) is 4.81. The molecule has 0 aliphatic carbocycles. The lowest BCUT2D eigenvalue weighted by molar-refractivity contribution is -0.152. The smallest absolute Gasteiger partial charge is 0.417 e. The molecule has 2 aromatic carbocycles. The lowest BCUT2D eigenvalue weighted by Gasteiger charge is -2.20. The van der Waals surface area contributed by atoms with Crippen molar-refractivity contribution >= 4 is 35.1 Å². The fraction of sp³-hybridized carbons (Fsp3) is 0.263. The third-order valence-electron chi connectivity index (χ3n) is 3.60. The van der Waals surface area contributed by atoms with Gasteiger partial charge in [-0.05, 0) is 30.3 Å². The molecule has 0 aliphatic heterocycles. The second-order valence-electron chi connectivity index (χ2n) is 5.84. The molecule has 156 valence electrons. The molecular formula is C19H16Cl2F3NO4. The summed E-state index contributed by atoms with van der Waals surface area (Å²) >= 11 is 11.4. The van der Waals surface area contributed by atoms with Gasteiger partial charge in [-0.3, -0.25) is 4.79 Å². The van der Waals surface area contributed by atoms with Crippen LogP contribution in [-0.2, 0) is 20.5 Å². The van der Waals surface area contributed by atoms with Gasteiger partial charge in [0, 0.05) is 17.5 Å². The summed E-state index contributed by atoms with van der Waals surface area (Å²) in [5.74, 6) is -1.37. The van der Waals surface area contributed by atoms with E-state index in [1.807, 2.05) is 0 Å². The maximum absolute atomic E-state index is 13.1. The van der Waals surface area contributed by atoms with Gasteiger partial charge in [-0.2, -0.15) is 13.2 Å². The molecule has 1 atom stereocenters. The molecule has 2 aromatic rings. The fourth-order valence-corrected chi connectivity index (χ4v) is 2.63. The van der Waals surface area contributed by atoms with Crippen LogP contribution in [0.5, 0.6) is 5.75 Å². The van der Waals surface area contributed by atoms with E-state index in [1.165, 1.54) is 37.3 Å². The number of benzene rings is 2. The van der Waals surface area contributed by atoms with Gasteiger partial charge in [0.15, 0.2) is 0 Å².